The van der Waals surface area contributed by atoms with Crippen LogP contribution in [0.1, 0.15) is 40.5 Å². The number of aliphatic hydroxyl groups is 7. The fraction of sp³-hybridized carbons (Fsp3) is 0.833. The van der Waals surface area contributed by atoms with Crippen molar-refractivity contribution < 1.29 is 59.5 Å². The van der Waals surface area contributed by atoms with E-state index in [2.05, 4.69) is 5.73 Å². The van der Waals surface area contributed by atoms with Crippen LogP contribution in [0, 0.1) is 5.41 Å². The third kappa shape index (κ3) is 5.91. The van der Waals surface area contributed by atoms with Gasteiger partial charge in [0.05, 0.1) is 31.5 Å². The van der Waals surface area contributed by atoms with Gasteiger partial charge in [0, 0.05) is 18.1 Å². The van der Waals surface area contributed by atoms with Crippen molar-refractivity contribution in [1.29, 1.82) is 0 Å². The van der Waals surface area contributed by atoms with Crippen molar-refractivity contribution in [2.45, 2.75) is 101 Å². The van der Waals surface area contributed by atoms with Gasteiger partial charge in [-0.3, -0.25) is 4.79 Å². The van der Waals surface area contributed by atoms with Gasteiger partial charge in [0.2, 0.25) is 0 Å². The van der Waals surface area contributed by atoms with Crippen LogP contribution in [0.3, 0.4) is 0 Å². The van der Waals surface area contributed by atoms with Crippen LogP contribution in [0.2, 0.25) is 0 Å². The lowest BCUT2D eigenvalue weighted by Crippen LogP contribution is -2.62. The van der Waals surface area contributed by atoms with E-state index in [4.69, 9.17) is 18.9 Å². The first-order valence-corrected chi connectivity index (χ1v) is 11.9. The molecule has 36 heavy (non-hydrogen) atoms. The summed E-state index contributed by atoms with van der Waals surface area (Å²) in [7, 11) is 0. The largest absolute Gasteiger partial charge is 0.393 e. The molecule has 2 aliphatic heterocycles. The number of ketones is 1. The molecule has 3 rings (SSSR count). The van der Waals surface area contributed by atoms with Gasteiger partial charge in [0.25, 0.3) is 0 Å². The van der Waals surface area contributed by atoms with Crippen LogP contribution in [0.25, 0.3) is 0 Å². The summed E-state index contributed by atoms with van der Waals surface area (Å²) in [6.45, 7) is 5.19. The van der Waals surface area contributed by atoms with Crippen molar-refractivity contribution in [3.05, 3.63) is 17.4 Å². The molecule has 3 aliphatic rings. The molecule has 12 heteroatoms. The highest BCUT2D eigenvalue weighted by atomic mass is 16.7. The molecule has 10 atom stereocenters. The molecule has 0 bridgehead atoms. The van der Waals surface area contributed by atoms with E-state index in [0.717, 1.165) is 0 Å². The Morgan fingerprint density at radius 2 is 1.75 bits per heavy atom. The Balaban J connectivity index is 1.79. The predicted molar refractivity (Wildman–Crippen MR) is 121 cm³/mol. The monoisotopic (exact) mass is 518 g/mol. The van der Waals surface area contributed by atoms with Gasteiger partial charge < -0.3 is 54.7 Å². The highest BCUT2D eigenvalue weighted by Gasteiger charge is 2.53. The molecule has 0 unspecified atom stereocenters. The van der Waals surface area contributed by atoms with E-state index in [1.807, 2.05) is 13.8 Å². The number of carbonyl (C=O) groups is 1. The molecule has 7 N–H and O–H groups in total. The van der Waals surface area contributed by atoms with Crippen molar-refractivity contribution in [2.24, 2.45) is 5.41 Å². The van der Waals surface area contributed by atoms with Crippen LogP contribution in [-0.2, 0) is 23.7 Å². The lowest BCUT2D eigenvalue weighted by molar-refractivity contribution is -0.331. The summed E-state index contributed by atoms with van der Waals surface area (Å²) in [6, 6.07) is 0. The molecule has 0 amide bonds. The van der Waals surface area contributed by atoms with Gasteiger partial charge in [-0.15, -0.1) is 5.73 Å². The molecule has 2 heterocycles. The van der Waals surface area contributed by atoms with Crippen LogP contribution >= 0.6 is 0 Å². The zero-order chi connectivity index (χ0) is 27.1. The summed E-state index contributed by atoms with van der Waals surface area (Å²) in [4.78, 5) is 11.6. The molecular weight excluding hydrogens is 480 g/mol. The van der Waals surface area contributed by atoms with Crippen molar-refractivity contribution in [3.63, 3.8) is 0 Å². The first kappa shape index (κ1) is 29.3. The van der Waals surface area contributed by atoms with Gasteiger partial charge in [-0.05, 0) is 25.7 Å². The second kappa shape index (κ2) is 10.9. The molecule has 3 fully saturated rings. The first-order valence-electron chi connectivity index (χ1n) is 11.9. The third-order valence-electron chi connectivity index (χ3n) is 7.05. The molecule has 0 aromatic carbocycles. The zero-order valence-electron chi connectivity index (χ0n) is 20.9. The molecule has 0 radical (unpaired) electrons. The summed E-state index contributed by atoms with van der Waals surface area (Å²) in [6.07, 6.45) is -9.58. The topological polar surface area (TPSA) is 196 Å². The molecule has 206 valence electrons. The maximum atomic E-state index is 11.6. The van der Waals surface area contributed by atoms with Gasteiger partial charge in [-0.2, -0.15) is 0 Å². The fourth-order valence-electron chi connectivity index (χ4n) is 5.19. The van der Waals surface area contributed by atoms with Crippen LogP contribution in [-0.4, -0.2) is 122 Å². The van der Waals surface area contributed by atoms with E-state index in [0.29, 0.717) is 12.0 Å². The molecule has 12 nitrogen and oxygen atoms in total. The molecule has 2 saturated heterocycles. The zero-order valence-corrected chi connectivity index (χ0v) is 20.9. The molecule has 1 aliphatic carbocycles. The van der Waals surface area contributed by atoms with Gasteiger partial charge in [0.1, 0.15) is 36.1 Å². The Morgan fingerprint density at radius 3 is 2.33 bits per heavy atom. The van der Waals surface area contributed by atoms with E-state index in [-0.39, 0.29) is 18.8 Å². The van der Waals surface area contributed by atoms with E-state index < -0.39 is 79.0 Å². The lowest BCUT2D eigenvalue weighted by atomic mass is 9.65. The summed E-state index contributed by atoms with van der Waals surface area (Å²) in [5.41, 5.74) is -0.245. The highest BCUT2D eigenvalue weighted by molar-refractivity contribution is 5.87. The molecular formula is C24H38O12. The minimum atomic E-state index is -1.91. The van der Waals surface area contributed by atoms with E-state index >= 15 is 0 Å². The Morgan fingerprint density at radius 1 is 1.08 bits per heavy atom. The second-order valence-electron chi connectivity index (χ2n) is 10.8. The van der Waals surface area contributed by atoms with E-state index in [1.165, 1.54) is 13.0 Å². The van der Waals surface area contributed by atoms with Gasteiger partial charge in [-0.25, -0.2) is 0 Å². The number of hydrogen-bond acceptors (Lipinski definition) is 12. The van der Waals surface area contributed by atoms with E-state index in [9.17, 15) is 40.5 Å². The van der Waals surface area contributed by atoms with Gasteiger partial charge in [0.15, 0.2) is 18.4 Å². The molecule has 0 spiro atoms. The Kier molecular flexibility index (Phi) is 8.84. The Bertz CT molecular complexity index is 869. The van der Waals surface area contributed by atoms with Crippen molar-refractivity contribution in [3.8, 4) is 0 Å². The van der Waals surface area contributed by atoms with Crippen molar-refractivity contribution in [2.75, 3.05) is 19.8 Å². The average molecular weight is 519 g/mol. The maximum Gasteiger partial charge on any atom is 0.187 e. The van der Waals surface area contributed by atoms with E-state index in [1.54, 1.807) is 6.92 Å². The molecule has 0 aromatic rings. The maximum absolute atomic E-state index is 11.6. The standard InChI is InChI=1S/C24H38O12/c1-12(26)5-6-15-22(2,3)7-13(27)8-23(15,4)36-20-18(30)17(29)16(28)14(35-20)9-33-21-19(31)24(32,10-25)11-34-21/h5,13-14,16-21,25,27-32H,7-11H2,1-4H3/t6?,13-,14-,16-,17+,18-,19+,20+,21+,23+,24-/m1/s1. The smallest absolute Gasteiger partial charge is 0.187 e. The summed E-state index contributed by atoms with van der Waals surface area (Å²) >= 11 is 0. The Labute approximate surface area is 209 Å². The lowest BCUT2D eigenvalue weighted by Gasteiger charge is -2.50. The normalized spacial score (nSPS) is 44.8. The minimum Gasteiger partial charge on any atom is -0.393 e. The van der Waals surface area contributed by atoms with Crippen LogP contribution in [0.4, 0.5) is 0 Å². The predicted octanol–water partition coefficient (Wildman–Crippen LogP) is -2.12. The van der Waals surface area contributed by atoms with Crippen molar-refractivity contribution >= 4 is 5.78 Å². The summed E-state index contributed by atoms with van der Waals surface area (Å²) in [5.74, 6) is -0.235. The average Bonchev–Trinajstić information content (AvgIpc) is 3.06. The number of rotatable bonds is 7. The minimum absolute atomic E-state index is 0.0960. The SMILES string of the molecule is CC(=O)C=C=C1C(C)(C)C[C@@H](O)C[C@]1(C)O[C@@H]1O[C@H](CO[C@H]2OC[C@](O)(CO)[C@H]2O)[C@@H](O)[C@H](O)[C@H]1O. The van der Waals surface area contributed by atoms with Crippen LogP contribution < -0.4 is 0 Å². The molecule has 1 saturated carbocycles. The number of hydrogen-bond donors (Lipinski definition) is 7. The number of ether oxygens (including phenoxy) is 4. The van der Waals surface area contributed by atoms with Gasteiger partial charge in [-0.1, -0.05) is 13.8 Å². The number of carbonyl (C=O) groups excluding carboxylic acids is 1. The molecule has 0 aromatic heterocycles. The van der Waals surface area contributed by atoms with Crippen LogP contribution in [0.5, 0.6) is 0 Å². The highest BCUT2D eigenvalue weighted by Crippen LogP contribution is 2.48. The summed E-state index contributed by atoms with van der Waals surface area (Å²) in [5, 5.41) is 71.6. The van der Waals surface area contributed by atoms with Crippen LogP contribution in [0.15, 0.2) is 17.4 Å². The fourth-order valence-corrected chi connectivity index (χ4v) is 5.19. The third-order valence-corrected chi connectivity index (χ3v) is 7.05. The quantitative estimate of drug-likeness (QED) is 0.143. The van der Waals surface area contributed by atoms with Gasteiger partial charge >= 0.3 is 0 Å². The summed E-state index contributed by atoms with van der Waals surface area (Å²) < 4.78 is 22.5. The number of aliphatic hydroxyl groups excluding tert-OH is 6. The van der Waals surface area contributed by atoms with Crippen molar-refractivity contribution in [1.82, 2.24) is 0 Å². The Hall–Kier alpha value is -1.25. The second-order valence-corrected chi connectivity index (χ2v) is 10.8. The first-order chi connectivity index (χ1) is 16.6.